The van der Waals surface area contributed by atoms with E-state index >= 15 is 0 Å². The Labute approximate surface area is 205 Å². The first-order chi connectivity index (χ1) is 16.9. The van der Waals surface area contributed by atoms with Crippen LogP contribution in [0, 0.1) is 5.82 Å². The molecule has 1 aromatic carbocycles. The number of hydrogen-bond donors (Lipinski definition) is 4. The SMILES string of the molecule is CC(C)OC(=O)[C@@H](C)NP(=O)(OC[C@H]1OC(n2cc(F)c(N)nc2=O)[C@H](O)[C@@H]1O)Oc1ccccc1. The summed E-state index contributed by atoms with van der Waals surface area (Å²) in [6.07, 6.45) is -5.93. The molecule has 2 aromatic rings. The average Bonchev–Trinajstić information content (AvgIpc) is 3.08. The van der Waals surface area contributed by atoms with Crippen LogP contribution in [0.5, 0.6) is 5.75 Å². The van der Waals surface area contributed by atoms with E-state index in [4.69, 9.17) is 24.3 Å². The molecular weight excluding hydrogens is 502 g/mol. The number of carbonyl (C=O) groups is 1. The number of aliphatic hydroxyl groups excluding tert-OH is 2. The molecule has 0 amide bonds. The number of nitrogen functional groups attached to an aromatic ring is 1. The molecule has 1 aliphatic heterocycles. The number of aliphatic hydroxyl groups is 2. The lowest BCUT2D eigenvalue weighted by atomic mass is 10.1. The zero-order valence-corrected chi connectivity index (χ0v) is 20.6. The smallest absolute Gasteiger partial charge is 0.459 e. The van der Waals surface area contributed by atoms with Crippen LogP contribution in [0.15, 0.2) is 41.3 Å². The van der Waals surface area contributed by atoms with Gasteiger partial charge in [-0.1, -0.05) is 18.2 Å². The Bertz CT molecular complexity index is 1170. The van der Waals surface area contributed by atoms with Crippen LogP contribution in [0.2, 0.25) is 0 Å². The minimum Gasteiger partial charge on any atom is -0.462 e. The van der Waals surface area contributed by atoms with Crippen LogP contribution in [0.1, 0.15) is 27.0 Å². The number of esters is 1. The van der Waals surface area contributed by atoms with Gasteiger partial charge in [-0.15, -0.1) is 0 Å². The highest BCUT2D eigenvalue weighted by molar-refractivity contribution is 7.52. The van der Waals surface area contributed by atoms with Crippen molar-refractivity contribution >= 4 is 19.5 Å². The molecule has 1 aromatic heterocycles. The average molecular weight is 530 g/mol. The topological polar surface area (TPSA) is 184 Å². The molecule has 3 rings (SSSR count). The molecule has 6 atom stereocenters. The number of para-hydroxylation sites is 1. The summed E-state index contributed by atoms with van der Waals surface area (Å²) in [6.45, 7) is 4.08. The number of benzene rings is 1. The van der Waals surface area contributed by atoms with Crippen molar-refractivity contribution in [3.8, 4) is 5.75 Å². The van der Waals surface area contributed by atoms with Gasteiger partial charge in [0, 0.05) is 0 Å². The predicted octanol–water partition coefficient (Wildman–Crippen LogP) is 0.717. The molecule has 36 heavy (non-hydrogen) atoms. The number of anilines is 1. The normalized spacial score (nSPS) is 24.3. The maximum absolute atomic E-state index is 13.8. The summed E-state index contributed by atoms with van der Waals surface area (Å²) >= 11 is 0. The molecule has 198 valence electrons. The lowest BCUT2D eigenvalue weighted by molar-refractivity contribution is -0.149. The summed E-state index contributed by atoms with van der Waals surface area (Å²) in [6, 6.07) is 6.85. The first-order valence-electron chi connectivity index (χ1n) is 10.9. The molecule has 0 aliphatic carbocycles. The van der Waals surface area contributed by atoms with Crippen LogP contribution < -0.4 is 21.0 Å². The Hall–Kier alpha value is -2.87. The van der Waals surface area contributed by atoms with E-state index in [0.717, 1.165) is 0 Å². The van der Waals surface area contributed by atoms with Gasteiger partial charge in [0.05, 0.1) is 18.9 Å². The summed E-state index contributed by atoms with van der Waals surface area (Å²) in [7, 11) is -4.29. The molecule has 2 unspecified atom stereocenters. The maximum Gasteiger partial charge on any atom is 0.459 e. The van der Waals surface area contributed by atoms with Crippen molar-refractivity contribution in [3.63, 3.8) is 0 Å². The van der Waals surface area contributed by atoms with Crippen LogP contribution in [-0.4, -0.2) is 62.8 Å². The Balaban J connectivity index is 1.77. The zero-order chi connectivity index (χ0) is 26.6. The van der Waals surface area contributed by atoms with Gasteiger partial charge in [0.1, 0.15) is 30.1 Å². The summed E-state index contributed by atoms with van der Waals surface area (Å²) in [5.41, 5.74) is 4.24. The standard InChI is InChI=1S/C21H28FN4O9P/c1-11(2)33-20(29)12(3)25-36(31,35-13-7-5-4-6-8-13)32-10-15-16(27)17(28)19(34-15)26-9-14(22)18(23)24-21(26)30/h4-9,11-12,15-17,19,27-28H,10H2,1-3H3,(H,25,31)(H2,23,24,30)/t12-,15-,16-,17-,19?,36?/m1/s1. The van der Waals surface area contributed by atoms with Crippen molar-refractivity contribution in [2.45, 2.75) is 57.5 Å². The first-order valence-corrected chi connectivity index (χ1v) is 12.5. The quantitative estimate of drug-likeness (QED) is 0.250. The number of hydrogen-bond acceptors (Lipinski definition) is 11. The summed E-state index contributed by atoms with van der Waals surface area (Å²) in [5.74, 6) is -2.24. The molecule has 5 N–H and O–H groups in total. The number of halogens is 1. The number of aromatic nitrogens is 2. The van der Waals surface area contributed by atoms with Gasteiger partial charge in [-0.3, -0.25) is 13.9 Å². The fourth-order valence-electron chi connectivity index (χ4n) is 3.24. The van der Waals surface area contributed by atoms with Crippen molar-refractivity contribution in [1.82, 2.24) is 14.6 Å². The van der Waals surface area contributed by atoms with Crippen molar-refractivity contribution in [2.24, 2.45) is 0 Å². The molecular formula is C21H28FN4O9P. The predicted molar refractivity (Wildman–Crippen MR) is 123 cm³/mol. The third-order valence-corrected chi connectivity index (χ3v) is 6.62. The van der Waals surface area contributed by atoms with E-state index in [2.05, 4.69) is 10.1 Å². The molecule has 13 nitrogen and oxygen atoms in total. The van der Waals surface area contributed by atoms with E-state index in [-0.39, 0.29) is 5.75 Å². The molecule has 0 radical (unpaired) electrons. The van der Waals surface area contributed by atoms with Crippen LogP contribution in [0.3, 0.4) is 0 Å². The fraction of sp³-hybridized carbons (Fsp3) is 0.476. The molecule has 2 heterocycles. The van der Waals surface area contributed by atoms with Crippen molar-refractivity contribution in [2.75, 3.05) is 12.3 Å². The largest absolute Gasteiger partial charge is 0.462 e. The molecule has 1 saturated heterocycles. The third-order valence-electron chi connectivity index (χ3n) is 4.98. The number of rotatable bonds is 10. The van der Waals surface area contributed by atoms with Gasteiger partial charge < -0.3 is 29.9 Å². The van der Waals surface area contributed by atoms with Gasteiger partial charge in [0.15, 0.2) is 17.9 Å². The molecule has 0 bridgehead atoms. The lowest BCUT2D eigenvalue weighted by Crippen LogP contribution is -2.38. The monoisotopic (exact) mass is 530 g/mol. The van der Waals surface area contributed by atoms with Gasteiger partial charge in [-0.25, -0.2) is 13.8 Å². The molecule has 0 saturated carbocycles. The van der Waals surface area contributed by atoms with E-state index < -0.39 is 74.3 Å². The number of nitrogens with two attached hydrogens (primary N) is 1. The maximum atomic E-state index is 13.8. The number of nitrogens with zero attached hydrogens (tertiary/aromatic N) is 2. The highest BCUT2D eigenvalue weighted by Crippen LogP contribution is 2.46. The third kappa shape index (κ3) is 6.66. The van der Waals surface area contributed by atoms with Crippen LogP contribution in [0.4, 0.5) is 10.2 Å². The Morgan fingerprint density at radius 1 is 1.28 bits per heavy atom. The fourth-order valence-corrected chi connectivity index (χ4v) is 4.74. The van der Waals surface area contributed by atoms with E-state index in [1.54, 1.807) is 32.0 Å². The summed E-state index contributed by atoms with van der Waals surface area (Å²) in [4.78, 5) is 27.6. The Morgan fingerprint density at radius 2 is 1.94 bits per heavy atom. The van der Waals surface area contributed by atoms with Crippen molar-refractivity contribution in [1.29, 1.82) is 0 Å². The number of nitrogens with one attached hydrogen (secondary N) is 1. The summed E-state index contributed by atoms with van der Waals surface area (Å²) < 4.78 is 49.5. The van der Waals surface area contributed by atoms with Gasteiger partial charge in [0.25, 0.3) is 0 Å². The molecule has 1 aliphatic rings. The van der Waals surface area contributed by atoms with E-state index in [1.807, 2.05) is 0 Å². The Morgan fingerprint density at radius 3 is 2.58 bits per heavy atom. The van der Waals surface area contributed by atoms with E-state index in [0.29, 0.717) is 10.8 Å². The minimum absolute atomic E-state index is 0.151. The second-order valence-corrected chi connectivity index (χ2v) is 9.94. The lowest BCUT2D eigenvalue weighted by Gasteiger charge is -2.25. The zero-order valence-electron chi connectivity index (χ0n) is 19.7. The van der Waals surface area contributed by atoms with Gasteiger partial charge in [0.2, 0.25) is 0 Å². The molecule has 0 spiro atoms. The molecule has 15 heteroatoms. The van der Waals surface area contributed by atoms with E-state index in [9.17, 15) is 28.8 Å². The number of carbonyl (C=O) groups excluding carboxylic acids is 1. The van der Waals surface area contributed by atoms with Crippen LogP contribution >= 0.6 is 7.75 Å². The highest BCUT2D eigenvalue weighted by atomic mass is 31.2. The van der Waals surface area contributed by atoms with Gasteiger partial charge >= 0.3 is 19.4 Å². The van der Waals surface area contributed by atoms with Crippen molar-refractivity contribution in [3.05, 3.63) is 52.8 Å². The van der Waals surface area contributed by atoms with Crippen LogP contribution in [0.25, 0.3) is 0 Å². The van der Waals surface area contributed by atoms with Gasteiger partial charge in [-0.05, 0) is 32.9 Å². The van der Waals surface area contributed by atoms with Crippen molar-refractivity contribution < 1.29 is 42.5 Å². The van der Waals surface area contributed by atoms with Crippen LogP contribution in [-0.2, 0) is 23.4 Å². The second-order valence-electron chi connectivity index (χ2n) is 8.24. The molecule has 1 fully saturated rings. The number of ether oxygens (including phenoxy) is 2. The Kier molecular flexibility index (Phi) is 8.82. The second kappa shape index (κ2) is 11.5. The minimum atomic E-state index is -4.29. The first kappa shape index (κ1) is 27.7. The van der Waals surface area contributed by atoms with Gasteiger partial charge in [-0.2, -0.15) is 10.1 Å². The van der Waals surface area contributed by atoms with E-state index in [1.165, 1.54) is 19.1 Å². The summed E-state index contributed by atoms with van der Waals surface area (Å²) in [5, 5.41) is 23.3. The highest BCUT2D eigenvalue weighted by Gasteiger charge is 2.46.